The van der Waals surface area contributed by atoms with Crippen molar-refractivity contribution in [1.29, 1.82) is 0 Å². The van der Waals surface area contributed by atoms with Crippen LogP contribution in [0.1, 0.15) is 38.2 Å². The summed E-state index contributed by atoms with van der Waals surface area (Å²) in [5.74, 6) is 1.37. The van der Waals surface area contributed by atoms with Gasteiger partial charge in [0.1, 0.15) is 5.75 Å². The number of carbonyl (C=O) groups is 1. The second kappa shape index (κ2) is 7.72. The minimum Gasteiger partial charge on any atom is -0.497 e. The van der Waals surface area contributed by atoms with Crippen molar-refractivity contribution in [2.75, 3.05) is 7.11 Å². The molecule has 1 aliphatic rings. The van der Waals surface area contributed by atoms with Gasteiger partial charge in [-0.15, -0.1) is 0 Å². The summed E-state index contributed by atoms with van der Waals surface area (Å²) < 4.78 is 5.16. The lowest BCUT2D eigenvalue weighted by atomic mass is 9.86. The molecular formula is C17H24N2O2. The molecule has 0 spiro atoms. The summed E-state index contributed by atoms with van der Waals surface area (Å²) in [7, 11) is 1.64. The van der Waals surface area contributed by atoms with Crippen molar-refractivity contribution in [3.63, 3.8) is 0 Å². The summed E-state index contributed by atoms with van der Waals surface area (Å²) in [6.45, 7) is 2.20. The average Bonchev–Trinajstić information content (AvgIpc) is 2.50. The molecule has 0 saturated heterocycles. The molecular weight excluding hydrogens is 264 g/mol. The number of hydrogen-bond acceptors (Lipinski definition) is 2. The molecule has 0 aromatic heterocycles. The molecule has 1 fully saturated rings. The fourth-order valence-corrected chi connectivity index (χ4v) is 2.70. The summed E-state index contributed by atoms with van der Waals surface area (Å²) in [4.78, 5) is 11.9. The number of amides is 2. The Kier molecular flexibility index (Phi) is 5.67. The van der Waals surface area contributed by atoms with E-state index in [0.717, 1.165) is 17.7 Å². The number of urea groups is 1. The van der Waals surface area contributed by atoms with Gasteiger partial charge in [-0.3, -0.25) is 0 Å². The Bertz CT molecular complexity index is 499. The Morgan fingerprint density at radius 2 is 2.14 bits per heavy atom. The molecule has 1 saturated carbocycles. The van der Waals surface area contributed by atoms with Gasteiger partial charge in [-0.05, 0) is 42.5 Å². The van der Waals surface area contributed by atoms with E-state index in [1.54, 1.807) is 13.3 Å². The normalized spacial score (nSPS) is 22.0. The van der Waals surface area contributed by atoms with E-state index in [-0.39, 0.29) is 6.03 Å². The van der Waals surface area contributed by atoms with Gasteiger partial charge in [0.2, 0.25) is 0 Å². The second-order valence-corrected chi connectivity index (χ2v) is 5.60. The lowest BCUT2D eigenvalue weighted by Gasteiger charge is -2.29. The van der Waals surface area contributed by atoms with E-state index >= 15 is 0 Å². The largest absolute Gasteiger partial charge is 0.497 e. The van der Waals surface area contributed by atoms with Crippen molar-refractivity contribution in [1.82, 2.24) is 10.6 Å². The molecule has 21 heavy (non-hydrogen) atoms. The number of benzene rings is 1. The quantitative estimate of drug-likeness (QED) is 0.890. The summed E-state index contributed by atoms with van der Waals surface area (Å²) in [5.41, 5.74) is 0.987. The number of hydrogen-bond donors (Lipinski definition) is 2. The van der Waals surface area contributed by atoms with E-state index < -0.39 is 0 Å². The fraction of sp³-hybridized carbons (Fsp3) is 0.471. The van der Waals surface area contributed by atoms with Crippen LogP contribution in [-0.4, -0.2) is 19.2 Å². The van der Waals surface area contributed by atoms with Crippen LogP contribution in [0.5, 0.6) is 5.75 Å². The highest BCUT2D eigenvalue weighted by Gasteiger charge is 2.22. The molecule has 1 aliphatic carbocycles. The highest BCUT2D eigenvalue weighted by molar-refractivity contribution is 5.76. The number of rotatable bonds is 4. The van der Waals surface area contributed by atoms with E-state index in [0.29, 0.717) is 12.0 Å². The molecule has 4 heteroatoms. The molecule has 0 radical (unpaired) electrons. The predicted molar refractivity (Wildman–Crippen MR) is 85.1 cm³/mol. The monoisotopic (exact) mass is 288 g/mol. The Labute approximate surface area is 126 Å². The van der Waals surface area contributed by atoms with Crippen molar-refractivity contribution >= 4 is 12.1 Å². The van der Waals surface area contributed by atoms with Gasteiger partial charge in [-0.1, -0.05) is 31.9 Å². The first-order valence-electron chi connectivity index (χ1n) is 7.56. The molecule has 2 rings (SSSR count). The summed E-state index contributed by atoms with van der Waals surface area (Å²) in [6, 6.07) is 7.85. The van der Waals surface area contributed by atoms with Gasteiger partial charge in [-0.25, -0.2) is 4.79 Å². The molecule has 1 aromatic rings. The first kappa shape index (κ1) is 15.4. The molecule has 114 valence electrons. The highest BCUT2D eigenvalue weighted by atomic mass is 16.5. The van der Waals surface area contributed by atoms with Gasteiger partial charge >= 0.3 is 6.03 Å². The van der Waals surface area contributed by atoms with Gasteiger partial charge in [-0.2, -0.15) is 0 Å². The fourth-order valence-electron chi connectivity index (χ4n) is 2.70. The van der Waals surface area contributed by atoms with Gasteiger partial charge in [0.25, 0.3) is 0 Å². The Hall–Kier alpha value is -1.97. The Morgan fingerprint density at radius 1 is 1.33 bits per heavy atom. The van der Waals surface area contributed by atoms with E-state index in [1.165, 1.54) is 19.3 Å². The van der Waals surface area contributed by atoms with Crippen LogP contribution in [0, 0.1) is 5.92 Å². The summed E-state index contributed by atoms with van der Waals surface area (Å²) in [5, 5.41) is 5.82. The zero-order chi connectivity index (χ0) is 15.1. The lowest BCUT2D eigenvalue weighted by molar-refractivity contribution is 0.225. The molecule has 2 amide bonds. The first-order valence-corrected chi connectivity index (χ1v) is 7.56. The minimum atomic E-state index is -0.132. The van der Waals surface area contributed by atoms with Crippen LogP contribution in [0.25, 0.3) is 6.08 Å². The van der Waals surface area contributed by atoms with E-state index in [2.05, 4.69) is 17.6 Å². The average molecular weight is 288 g/mol. The number of nitrogens with one attached hydrogen (secondary N) is 2. The van der Waals surface area contributed by atoms with Crippen molar-refractivity contribution in [3.8, 4) is 5.75 Å². The predicted octanol–water partition coefficient (Wildman–Crippen LogP) is 3.54. The van der Waals surface area contributed by atoms with Gasteiger partial charge in [0, 0.05) is 12.2 Å². The molecule has 0 bridgehead atoms. The van der Waals surface area contributed by atoms with Crippen molar-refractivity contribution in [3.05, 3.63) is 36.0 Å². The van der Waals surface area contributed by atoms with Crippen LogP contribution in [0.2, 0.25) is 0 Å². The minimum absolute atomic E-state index is 0.132. The third-order valence-electron chi connectivity index (χ3n) is 4.01. The van der Waals surface area contributed by atoms with E-state index in [4.69, 9.17) is 4.74 Å². The third kappa shape index (κ3) is 4.81. The number of methoxy groups -OCH3 is 1. The molecule has 2 N–H and O–H groups in total. The SMILES string of the molecule is COc1cccc(/C=C/NC(=O)NC2CCCCC2C)c1. The van der Waals surface area contributed by atoms with Crippen LogP contribution in [0.4, 0.5) is 4.79 Å². The van der Waals surface area contributed by atoms with Crippen LogP contribution >= 0.6 is 0 Å². The molecule has 0 heterocycles. The van der Waals surface area contributed by atoms with Crippen LogP contribution < -0.4 is 15.4 Å². The zero-order valence-corrected chi connectivity index (χ0v) is 12.8. The van der Waals surface area contributed by atoms with Crippen molar-refractivity contribution in [2.24, 2.45) is 5.92 Å². The first-order chi connectivity index (χ1) is 10.2. The smallest absolute Gasteiger partial charge is 0.318 e. The second-order valence-electron chi connectivity index (χ2n) is 5.60. The van der Waals surface area contributed by atoms with Crippen molar-refractivity contribution < 1.29 is 9.53 Å². The van der Waals surface area contributed by atoms with Gasteiger partial charge < -0.3 is 15.4 Å². The van der Waals surface area contributed by atoms with Crippen LogP contribution in [0.15, 0.2) is 30.5 Å². The maximum atomic E-state index is 11.9. The third-order valence-corrected chi connectivity index (χ3v) is 4.01. The maximum absolute atomic E-state index is 11.9. The topological polar surface area (TPSA) is 50.4 Å². The maximum Gasteiger partial charge on any atom is 0.318 e. The van der Waals surface area contributed by atoms with E-state index in [9.17, 15) is 4.79 Å². The van der Waals surface area contributed by atoms with Gasteiger partial charge in [0.15, 0.2) is 0 Å². The van der Waals surface area contributed by atoms with Gasteiger partial charge in [0.05, 0.1) is 7.11 Å². The molecule has 2 atom stereocenters. The number of carbonyl (C=O) groups excluding carboxylic acids is 1. The van der Waals surface area contributed by atoms with Crippen LogP contribution in [0.3, 0.4) is 0 Å². The van der Waals surface area contributed by atoms with E-state index in [1.807, 2.05) is 30.3 Å². The molecule has 1 aromatic carbocycles. The molecule has 4 nitrogen and oxygen atoms in total. The number of ether oxygens (including phenoxy) is 1. The highest BCUT2D eigenvalue weighted by Crippen LogP contribution is 2.23. The summed E-state index contributed by atoms with van der Waals surface area (Å²) >= 11 is 0. The van der Waals surface area contributed by atoms with Crippen molar-refractivity contribution in [2.45, 2.75) is 38.6 Å². The summed E-state index contributed by atoms with van der Waals surface area (Å²) in [6.07, 6.45) is 8.27. The molecule has 0 aliphatic heterocycles. The lowest BCUT2D eigenvalue weighted by Crippen LogP contribution is -2.44. The standard InChI is InChI=1S/C17H24N2O2/c1-13-6-3-4-9-16(13)19-17(20)18-11-10-14-7-5-8-15(12-14)21-2/h5,7-8,10-13,16H,3-4,6,9H2,1-2H3,(H2,18,19,20)/b11-10+. The Balaban J connectivity index is 1.81. The Morgan fingerprint density at radius 3 is 2.90 bits per heavy atom. The molecule has 2 unspecified atom stereocenters. The zero-order valence-electron chi connectivity index (χ0n) is 12.8. The van der Waals surface area contributed by atoms with Crippen LogP contribution in [-0.2, 0) is 0 Å².